The molecule has 0 aromatic rings. The lowest BCUT2D eigenvalue weighted by Crippen LogP contribution is -2.43. The fourth-order valence-electron chi connectivity index (χ4n) is 2.80. The summed E-state index contributed by atoms with van der Waals surface area (Å²) in [6, 6.07) is 0. The Morgan fingerprint density at radius 3 is 2.48 bits per heavy atom. The van der Waals surface area contributed by atoms with Gasteiger partial charge in [-0.3, -0.25) is 4.90 Å². The SMILES string of the molecule is CC(C)CCCOCCN1CCOC(CCCC(C)C)C1. The van der Waals surface area contributed by atoms with E-state index in [0.717, 1.165) is 51.3 Å². The van der Waals surface area contributed by atoms with Crippen LogP contribution in [0, 0.1) is 11.8 Å². The smallest absolute Gasteiger partial charge is 0.0702 e. The minimum Gasteiger partial charge on any atom is -0.380 e. The van der Waals surface area contributed by atoms with Crippen molar-refractivity contribution in [2.75, 3.05) is 39.5 Å². The Labute approximate surface area is 132 Å². The Kier molecular flexibility index (Phi) is 10.3. The van der Waals surface area contributed by atoms with E-state index in [-0.39, 0.29) is 0 Å². The van der Waals surface area contributed by atoms with Gasteiger partial charge in [0.15, 0.2) is 0 Å². The van der Waals surface area contributed by atoms with Crippen molar-refractivity contribution in [3.8, 4) is 0 Å². The lowest BCUT2D eigenvalue weighted by molar-refractivity contribution is -0.0406. The van der Waals surface area contributed by atoms with Gasteiger partial charge in [0.2, 0.25) is 0 Å². The number of hydrogen-bond donors (Lipinski definition) is 0. The second kappa shape index (κ2) is 11.4. The van der Waals surface area contributed by atoms with E-state index in [2.05, 4.69) is 32.6 Å². The maximum Gasteiger partial charge on any atom is 0.0702 e. The molecule has 1 unspecified atom stereocenters. The predicted molar refractivity (Wildman–Crippen MR) is 89.8 cm³/mol. The molecule has 0 aromatic carbocycles. The lowest BCUT2D eigenvalue weighted by Gasteiger charge is -2.33. The molecule has 0 aliphatic carbocycles. The van der Waals surface area contributed by atoms with Crippen LogP contribution >= 0.6 is 0 Å². The van der Waals surface area contributed by atoms with Crippen LogP contribution in [0.5, 0.6) is 0 Å². The standard InChI is InChI=1S/C18H37NO2/c1-16(2)7-5-9-18-15-19(11-14-21-18)10-13-20-12-6-8-17(3)4/h16-18H,5-15H2,1-4H3. The molecule has 3 nitrogen and oxygen atoms in total. The Balaban J connectivity index is 2.01. The molecule has 3 heteroatoms. The van der Waals surface area contributed by atoms with Crippen LogP contribution in [0.25, 0.3) is 0 Å². The van der Waals surface area contributed by atoms with Crippen LogP contribution < -0.4 is 0 Å². The number of hydrogen-bond acceptors (Lipinski definition) is 3. The summed E-state index contributed by atoms with van der Waals surface area (Å²) in [7, 11) is 0. The van der Waals surface area contributed by atoms with E-state index >= 15 is 0 Å². The van der Waals surface area contributed by atoms with Crippen molar-refractivity contribution in [2.24, 2.45) is 11.8 Å². The van der Waals surface area contributed by atoms with Crippen LogP contribution in [0.2, 0.25) is 0 Å². The first-order valence-electron chi connectivity index (χ1n) is 8.99. The van der Waals surface area contributed by atoms with Gasteiger partial charge in [-0.1, -0.05) is 40.5 Å². The second-order valence-corrected chi connectivity index (χ2v) is 7.27. The van der Waals surface area contributed by atoms with Gasteiger partial charge in [-0.15, -0.1) is 0 Å². The molecule has 1 fully saturated rings. The van der Waals surface area contributed by atoms with Gasteiger partial charge in [0.1, 0.15) is 0 Å². The summed E-state index contributed by atoms with van der Waals surface area (Å²) >= 11 is 0. The summed E-state index contributed by atoms with van der Waals surface area (Å²) in [5.74, 6) is 1.60. The molecule has 0 amide bonds. The summed E-state index contributed by atoms with van der Waals surface area (Å²) in [5.41, 5.74) is 0. The van der Waals surface area contributed by atoms with Crippen molar-refractivity contribution in [3.05, 3.63) is 0 Å². The van der Waals surface area contributed by atoms with Crippen LogP contribution in [-0.2, 0) is 9.47 Å². The molecule has 0 N–H and O–H groups in total. The highest BCUT2D eigenvalue weighted by Gasteiger charge is 2.19. The summed E-state index contributed by atoms with van der Waals surface area (Å²) < 4.78 is 11.6. The molecule has 1 saturated heterocycles. The third-order valence-corrected chi connectivity index (χ3v) is 4.15. The molecular formula is C18H37NO2. The lowest BCUT2D eigenvalue weighted by atomic mass is 10.0. The number of morpholine rings is 1. The quantitative estimate of drug-likeness (QED) is 0.539. The molecule has 0 saturated carbocycles. The van der Waals surface area contributed by atoms with Crippen molar-refractivity contribution >= 4 is 0 Å². The summed E-state index contributed by atoms with van der Waals surface area (Å²) in [6.45, 7) is 15.0. The molecule has 0 bridgehead atoms. The van der Waals surface area contributed by atoms with Gasteiger partial charge >= 0.3 is 0 Å². The first-order chi connectivity index (χ1) is 10.1. The Hall–Kier alpha value is -0.120. The maximum atomic E-state index is 5.88. The van der Waals surface area contributed by atoms with E-state index in [0.29, 0.717) is 6.10 Å². The molecule has 0 radical (unpaired) electrons. The molecule has 0 aromatic heterocycles. The zero-order valence-electron chi connectivity index (χ0n) is 14.8. The summed E-state index contributed by atoms with van der Waals surface area (Å²) in [5, 5.41) is 0. The average Bonchev–Trinajstić information content (AvgIpc) is 2.42. The minimum atomic E-state index is 0.443. The molecule has 1 atom stereocenters. The van der Waals surface area contributed by atoms with E-state index in [1.54, 1.807) is 0 Å². The Morgan fingerprint density at radius 1 is 1.05 bits per heavy atom. The molecule has 1 heterocycles. The Morgan fingerprint density at radius 2 is 1.76 bits per heavy atom. The van der Waals surface area contributed by atoms with Gasteiger partial charge < -0.3 is 9.47 Å². The van der Waals surface area contributed by atoms with Crippen molar-refractivity contribution in [3.63, 3.8) is 0 Å². The van der Waals surface area contributed by atoms with E-state index in [1.165, 1.54) is 32.1 Å². The van der Waals surface area contributed by atoms with Gasteiger partial charge in [0.05, 0.1) is 19.3 Å². The third-order valence-electron chi connectivity index (χ3n) is 4.15. The van der Waals surface area contributed by atoms with Gasteiger partial charge in [-0.05, 0) is 31.1 Å². The van der Waals surface area contributed by atoms with E-state index in [1.807, 2.05) is 0 Å². The van der Waals surface area contributed by atoms with E-state index < -0.39 is 0 Å². The van der Waals surface area contributed by atoms with Crippen LogP contribution in [-0.4, -0.2) is 50.5 Å². The predicted octanol–water partition coefficient (Wildman–Crippen LogP) is 3.97. The maximum absolute atomic E-state index is 5.88. The Bertz CT molecular complexity index is 243. The highest BCUT2D eigenvalue weighted by molar-refractivity contribution is 4.71. The highest BCUT2D eigenvalue weighted by atomic mass is 16.5. The van der Waals surface area contributed by atoms with Crippen molar-refractivity contribution < 1.29 is 9.47 Å². The monoisotopic (exact) mass is 299 g/mol. The van der Waals surface area contributed by atoms with Gasteiger partial charge in [0, 0.05) is 26.2 Å². The van der Waals surface area contributed by atoms with Gasteiger partial charge in [-0.2, -0.15) is 0 Å². The zero-order valence-corrected chi connectivity index (χ0v) is 14.8. The van der Waals surface area contributed by atoms with Crippen molar-refractivity contribution in [2.45, 2.75) is 65.9 Å². The topological polar surface area (TPSA) is 21.7 Å². The first-order valence-corrected chi connectivity index (χ1v) is 8.99. The highest BCUT2D eigenvalue weighted by Crippen LogP contribution is 2.14. The molecule has 1 aliphatic heterocycles. The minimum absolute atomic E-state index is 0.443. The van der Waals surface area contributed by atoms with Crippen LogP contribution in [0.1, 0.15) is 59.8 Å². The van der Waals surface area contributed by atoms with E-state index in [4.69, 9.17) is 9.47 Å². The summed E-state index contributed by atoms with van der Waals surface area (Å²) in [6.07, 6.45) is 6.73. The van der Waals surface area contributed by atoms with Crippen molar-refractivity contribution in [1.29, 1.82) is 0 Å². The van der Waals surface area contributed by atoms with Crippen molar-refractivity contribution in [1.82, 2.24) is 4.90 Å². The third kappa shape index (κ3) is 10.3. The number of ether oxygens (including phenoxy) is 2. The normalized spacial score (nSPS) is 20.6. The summed E-state index contributed by atoms with van der Waals surface area (Å²) in [4.78, 5) is 2.51. The molecular weight excluding hydrogens is 262 g/mol. The zero-order chi connectivity index (χ0) is 15.5. The molecule has 1 rings (SSSR count). The fraction of sp³-hybridized carbons (Fsp3) is 1.00. The van der Waals surface area contributed by atoms with Gasteiger partial charge in [-0.25, -0.2) is 0 Å². The molecule has 0 spiro atoms. The molecule has 1 aliphatic rings. The van der Waals surface area contributed by atoms with Crippen LogP contribution in [0.4, 0.5) is 0 Å². The van der Waals surface area contributed by atoms with Crippen LogP contribution in [0.3, 0.4) is 0 Å². The molecule has 21 heavy (non-hydrogen) atoms. The first kappa shape index (κ1) is 18.9. The number of rotatable bonds is 11. The second-order valence-electron chi connectivity index (χ2n) is 7.27. The molecule has 126 valence electrons. The van der Waals surface area contributed by atoms with E-state index in [9.17, 15) is 0 Å². The average molecular weight is 299 g/mol. The number of nitrogens with zero attached hydrogens (tertiary/aromatic N) is 1. The fourth-order valence-corrected chi connectivity index (χ4v) is 2.80. The largest absolute Gasteiger partial charge is 0.380 e. The van der Waals surface area contributed by atoms with Crippen LogP contribution in [0.15, 0.2) is 0 Å². The van der Waals surface area contributed by atoms with Gasteiger partial charge in [0.25, 0.3) is 0 Å².